The van der Waals surface area contributed by atoms with Gasteiger partial charge in [-0.05, 0) is 56.3 Å². The highest BCUT2D eigenvalue weighted by Crippen LogP contribution is 2.41. The summed E-state index contributed by atoms with van der Waals surface area (Å²) in [6.07, 6.45) is 5.60. The fourth-order valence-corrected chi connectivity index (χ4v) is 5.59. The second kappa shape index (κ2) is 7.78. The second-order valence-electron chi connectivity index (χ2n) is 7.21. The van der Waals surface area contributed by atoms with Crippen molar-refractivity contribution >= 4 is 26.5 Å². The molecular formula is C26H20FO2S+. The van der Waals surface area contributed by atoms with Crippen molar-refractivity contribution in [2.45, 2.75) is 19.4 Å². The Labute approximate surface area is 177 Å². The van der Waals surface area contributed by atoms with E-state index in [1.54, 1.807) is 24.3 Å². The fourth-order valence-electron chi connectivity index (χ4n) is 3.48. The normalized spacial score (nSPS) is 13.5. The summed E-state index contributed by atoms with van der Waals surface area (Å²) < 4.78 is 21.0. The number of ether oxygens (including phenoxy) is 1. The molecule has 4 heteroatoms. The molecule has 4 rings (SSSR count). The molecule has 0 spiro atoms. The Kier molecular flexibility index (Phi) is 5.15. The van der Waals surface area contributed by atoms with E-state index in [-0.39, 0.29) is 16.0 Å². The van der Waals surface area contributed by atoms with Crippen LogP contribution in [0.4, 0.5) is 4.39 Å². The van der Waals surface area contributed by atoms with E-state index in [1.165, 1.54) is 34.7 Å². The Morgan fingerprint density at radius 2 is 1.70 bits per heavy atom. The Bertz CT molecular complexity index is 1280. The van der Waals surface area contributed by atoms with E-state index in [0.29, 0.717) is 5.56 Å². The average molecular weight is 416 g/mol. The van der Waals surface area contributed by atoms with Gasteiger partial charge in [0.1, 0.15) is 11.2 Å². The maximum Gasteiger partial charge on any atom is 0.339 e. The molecule has 0 amide bonds. The predicted octanol–water partition coefficient (Wildman–Crippen LogP) is 6.73. The first-order valence-corrected chi connectivity index (χ1v) is 10.8. The van der Waals surface area contributed by atoms with Crippen LogP contribution in [0.25, 0.3) is 15.0 Å². The zero-order valence-corrected chi connectivity index (χ0v) is 17.5. The molecule has 1 heterocycles. The van der Waals surface area contributed by atoms with E-state index in [0.717, 1.165) is 4.90 Å². The van der Waals surface area contributed by atoms with Crippen molar-refractivity contribution in [1.82, 2.24) is 0 Å². The largest absolute Gasteiger partial charge is 0.438 e. The third-order valence-electron chi connectivity index (χ3n) is 5.15. The molecule has 0 fully saturated rings. The minimum Gasteiger partial charge on any atom is -0.438 e. The SMILES string of the molecule is C#CC(C)(OC(=O)c1ccc(-[s+]2cc(C)c3ccccc32)cc1)c1ccccc1F. The van der Waals surface area contributed by atoms with Gasteiger partial charge in [-0.3, -0.25) is 0 Å². The standard InChI is InChI=1S/C26H20FO2S/c1-4-26(3,22-10-6-7-11-23(22)27)29-25(28)19-13-15-20(16-14-19)30-17-18(2)21-9-5-8-12-24(21)30/h1,5-17H,2-3H3/q+1. The number of aryl methyl sites for hydroxylation is 1. The maximum absolute atomic E-state index is 14.2. The lowest BCUT2D eigenvalue weighted by Crippen LogP contribution is -2.28. The zero-order chi connectivity index (χ0) is 21.3. The van der Waals surface area contributed by atoms with E-state index < -0.39 is 17.4 Å². The lowest BCUT2D eigenvalue weighted by atomic mass is 9.96. The molecule has 148 valence electrons. The summed E-state index contributed by atoms with van der Waals surface area (Å²) >= 11 is 0. The summed E-state index contributed by atoms with van der Waals surface area (Å²) in [7, 11) is -0.167. The molecule has 30 heavy (non-hydrogen) atoms. The third kappa shape index (κ3) is 3.49. The molecule has 0 aliphatic rings. The molecule has 0 aliphatic heterocycles. The van der Waals surface area contributed by atoms with E-state index in [4.69, 9.17) is 11.2 Å². The van der Waals surface area contributed by atoms with Gasteiger partial charge in [-0.2, -0.15) is 0 Å². The number of hydrogen-bond acceptors (Lipinski definition) is 2. The number of halogens is 1. The highest BCUT2D eigenvalue weighted by molar-refractivity contribution is 7.43. The molecule has 2 unspecified atom stereocenters. The highest BCUT2D eigenvalue weighted by Gasteiger charge is 2.32. The van der Waals surface area contributed by atoms with Crippen molar-refractivity contribution < 1.29 is 13.9 Å². The molecule has 4 aromatic rings. The lowest BCUT2D eigenvalue weighted by Gasteiger charge is -2.24. The minimum atomic E-state index is -1.49. The quantitative estimate of drug-likeness (QED) is 0.210. The van der Waals surface area contributed by atoms with Crippen LogP contribution in [0.3, 0.4) is 0 Å². The number of fused-ring (bicyclic) bond motifs is 1. The van der Waals surface area contributed by atoms with Gasteiger partial charge >= 0.3 is 5.97 Å². The summed E-state index contributed by atoms with van der Waals surface area (Å²) in [6, 6.07) is 21.7. The summed E-state index contributed by atoms with van der Waals surface area (Å²) in [6.45, 7) is 3.63. The zero-order valence-electron chi connectivity index (χ0n) is 16.7. The van der Waals surface area contributed by atoms with Crippen molar-refractivity contribution in [2.75, 3.05) is 0 Å². The van der Waals surface area contributed by atoms with Crippen molar-refractivity contribution in [3.05, 3.63) is 101 Å². The van der Waals surface area contributed by atoms with Crippen LogP contribution < -0.4 is 0 Å². The number of hydrogen-bond donors (Lipinski definition) is 0. The molecule has 0 N–H and O–H groups in total. The average Bonchev–Trinajstić information content (AvgIpc) is 3.11. The van der Waals surface area contributed by atoms with Gasteiger partial charge in [-0.1, -0.05) is 36.3 Å². The van der Waals surface area contributed by atoms with Gasteiger partial charge in [-0.25, -0.2) is 9.18 Å². The molecule has 0 bridgehead atoms. The maximum atomic E-state index is 14.2. The third-order valence-corrected chi connectivity index (χ3v) is 7.35. The van der Waals surface area contributed by atoms with Crippen LogP contribution in [0.2, 0.25) is 0 Å². The van der Waals surface area contributed by atoms with Crippen molar-refractivity contribution in [1.29, 1.82) is 0 Å². The number of carbonyl (C=O) groups is 1. The van der Waals surface area contributed by atoms with Gasteiger partial charge < -0.3 is 4.74 Å². The Morgan fingerprint density at radius 3 is 2.40 bits per heavy atom. The number of carbonyl (C=O) groups excluding carboxylic acids is 1. The molecule has 0 radical (unpaired) electrons. The molecule has 3 aromatic carbocycles. The first kappa shape index (κ1) is 19.9. The topological polar surface area (TPSA) is 26.3 Å². The number of esters is 1. The summed E-state index contributed by atoms with van der Waals surface area (Å²) in [5.41, 5.74) is 0.287. The number of benzene rings is 3. The lowest BCUT2D eigenvalue weighted by molar-refractivity contribution is 0.0118. The fraction of sp³-hybridized carbons (Fsp3) is 0.115. The Balaban J connectivity index is 1.62. The molecule has 1 aromatic heterocycles. The molecule has 2 nitrogen and oxygen atoms in total. The van der Waals surface area contributed by atoms with Crippen molar-refractivity contribution in [2.24, 2.45) is 0 Å². The Morgan fingerprint density at radius 1 is 1.03 bits per heavy atom. The van der Waals surface area contributed by atoms with E-state index in [2.05, 4.69) is 30.4 Å². The molecule has 0 saturated carbocycles. The number of thiophene rings is 1. The molecular weight excluding hydrogens is 395 g/mol. The molecule has 2 atom stereocenters. The van der Waals surface area contributed by atoms with Crippen molar-refractivity contribution in [3.8, 4) is 17.2 Å². The van der Waals surface area contributed by atoms with E-state index >= 15 is 0 Å². The van der Waals surface area contributed by atoms with Gasteiger partial charge in [0.25, 0.3) is 0 Å². The van der Waals surface area contributed by atoms with Gasteiger partial charge in [0.05, 0.1) is 5.56 Å². The van der Waals surface area contributed by atoms with Crippen LogP contribution in [0.5, 0.6) is 0 Å². The van der Waals surface area contributed by atoms with Crippen LogP contribution in [0, 0.1) is 25.1 Å². The number of rotatable bonds is 4. The summed E-state index contributed by atoms with van der Waals surface area (Å²) in [5.74, 6) is 1.32. The van der Waals surface area contributed by atoms with Crippen molar-refractivity contribution in [3.63, 3.8) is 0 Å². The Hall–Kier alpha value is -3.42. The van der Waals surface area contributed by atoms with Gasteiger partial charge in [0.2, 0.25) is 0 Å². The predicted molar refractivity (Wildman–Crippen MR) is 121 cm³/mol. The number of terminal acetylenes is 1. The van der Waals surface area contributed by atoms with Crippen LogP contribution in [-0.2, 0) is 10.3 Å². The second-order valence-corrected chi connectivity index (χ2v) is 9.03. The van der Waals surface area contributed by atoms with Gasteiger partial charge in [-0.15, -0.1) is 6.42 Å². The van der Waals surface area contributed by atoms with Gasteiger partial charge in [0.15, 0.2) is 15.2 Å². The van der Waals surface area contributed by atoms with Crippen LogP contribution in [0.15, 0.2) is 78.2 Å². The highest BCUT2D eigenvalue weighted by atomic mass is 32.2. The van der Waals surface area contributed by atoms with Crippen LogP contribution in [-0.4, -0.2) is 5.97 Å². The molecule has 0 aliphatic carbocycles. The monoisotopic (exact) mass is 415 g/mol. The van der Waals surface area contributed by atoms with Gasteiger partial charge in [0, 0.05) is 27.0 Å². The van der Waals surface area contributed by atoms with E-state index in [1.807, 2.05) is 24.3 Å². The van der Waals surface area contributed by atoms with Crippen LogP contribution in [0.1, 0.15) is 28.4 Å². The first-order chi connectivity index (χ1) is 14.4. The van der Waals surface area contributed by atoms with Crippen LogP contribution >= 0.6 is 10.5 Å². The summed E-state index contributed by atoms with van der Waals surface area (Å²) in [4.78, 5) is 13.9. The minimum absolute atomic E-state index is 0.155. The molecule has 0 saturated heterocycles. The first-order valence-electron chi connectivity index (χ1n) is 9.50. The summed E-state index contributed by atoms with van der Waals surface area (Å²) in [5, 5.41) is 3.52. The smallest absolute Gasteiger partial charge is 0.339 e. The van der Waals surface area contributed by atoms with E-state index in [9.17, 15) is 9.18 Å².